The molecule has 0 fully saturated rings. The Hall–Kier alpha value is -3.41. The molecule has 0 radical (unpaired) electrons. The predicted molar refractivity (Wildman–Crippen MR) is 103 cm³/mol. The lowest BCUT2D eigenvalue weighted by molar-refractivity contribution is 0.201. The molecule has 0 saturated carbocycles. The molecule has 1 amide bonds. The van der Waals surface area contributed by atoms with Crippen molar-refractivity contribution in [1.82, 2.24) is 15.1 Å². The molecule has 0 aliphatic carbocycles. The third-order valence-corrected chi connectivity index (χ3v) is 4.16. The normalized spacial score (nSPS) is 11.6. The molecule has 0 aliphatic heterocycles. The number of ether oxygens (including phenoxy) is 1. The van der Waals surface area contributed by atoms with Crippen molar-refractivity contribution >= 4 is 6.09 Å². The highest BCUT2D eigenvalue weighted by molar-refractivity contribution is 5.70. The number of nitrogens with one attached hydrogen (secondary N) is 1. The van der Waals surface area contributed by atoms with E-state index >= 15 is 0 Å². The minimum Gasteiger partial charge on any atom is -0.410 e. The van der Waals surface area contributed by atoms with Crippen LogP contribution < -0.4 is 15.5 Å². The third kappa shape index (κ3) is 4.41. The molecule has 27 heavy (non-hydrogen) atoms. The summed E-state index contributed by atoms with van der Waals surface area (Å²) < 4.78 is 6.93. The van der Waals surface area contributed by atoms with Gasteiger partial charge in [-0.3, -0.25) is 4.79 Å². The SMILES string of the molecule is CCNC(=O)Oc1cccc(C(C)c2nn(-c3ccccc3)ccc2=O)c1. The van der Waals surface area contributed by atoms with Crippen LogP contribution in [-0.4, -0.2) is 22.4 Å². The Balaban J connectivity index is 1.91. The zero-order valence-electron chi connectivity index (χ0n) is 15.3. The second kappa shape index (κ2) is 8.31. The molecule has 2 aromatic carbocycles. The molecule has 1 N–H and O–H groups in total. The molecule has 0 saturated heterocycles. The van der Waals surface area contributed by atoms with E-state index in [0.29, 0.717) is 18.0 Å². The van der Waals surface area contributed by atoms with Crippen molar-refractivity contribution < 1.29 is 9.53 Å². The molecule has 0 aliphatic rings. The molecule has 6 nitrogen and oxygen atoms in total. The maximum Gasteiger partial charge on any atom is 0.412 e. The van der Waals surface area contributed by atoms with Crippen LogP contribution >= 0.6 is 0 Å². The summed E-state index contributed by atoms with van der Waals surface area (Å²) >= 11 is 0. The third-order valence-electron chi connectivity index (χ3n) is 4.16. The van der Waals surface area contributed by atoms with Gasteiger partial charge in [0.05, 0.1) is 5.69 Å². The topological polar surface area (TPSA) is 73.2 Å². The number of carbonyl (C=O) groups excluding carboxylic acids is 1. The van der Waals surface area contributed by atoms with Gasteiger partial charge in [0.25, 0.3) is 0 Å². The Bertz CT molecular complexity index is 983. The number of hydrogen-bond donors (Lipinski definition) is 1. The first-order valence-corrected chi connectivity index (χ1v) is 8.79. The molecule has 138 valence electrons. The summed E-state index contributed by atoms with van der Waals surface area (Å²) in [6.07, 6.45) is 1.15. The van der Waals surface area contributed by atoms with E-state index in [-0.39, 0.29) is 11.3 Å². The highest BCUT2D eigenvalue weighted by Gasteiger charge is 2.16. The van der Waals surface area contributed by atoms with Crippen molar-refractivity contribution in [2.75, 3.05) is 6.54 Å². The Morgan fingerprint density at radius 1 is 1.15 bits per heavy atom. The largest absolute Gasteiger partial charge is 0.412 e. The number of aromatic nitrogens is 2. The van der Waals surface area contributed by atoms with Crippen molar-refractivity contribution in [2.45, 2.75) is 19.8 Å². The second-order valence-electron chi connectivity index (χ2n) is 6.06. The van der Waals surface area contributed by atoms with E-state index in [9.17, 15) is 9.59 Å². The molecule has 1 heterocycles. The van der Waals surface area contributed by atoms with E-state index in [0.717, 1.165) is 11.3 Å². The highest BCUT2D eigenvalue weighted by atomic mass is 16.6. The number of rotatable bonds is 5. The second-order valence-corrected chi connectivity index (χ2v) is 6.06. The van der Waals surface area contributed by atoms with Gasteiger partial charge >= 0.3 is 6.09 Å². The summed E-state index contributed by atoms with van der Waals surface area (Å²) in [7, 11) is 0. The monoisotopic (exact) mass is 363 g/mol. The molecule has 1 aromatic heterocycles. The standard InChI is InChI=1S/C21H21N3O3/c1-3-22-21(26)27-18-11-7-8-16(14-18)15(2)20-19(25)12-13-24(23-20)17-9-5-4-6-10-17/h4-15H,3H2,1-2H3,(H,22,26). The lowest BCUT2D eigenvalue weighted by Gasteiger charge is -2.14. The fourth-order valence-corrected chi connectivity index (χ4v) is 2.74. The molecule has 1 atom stereocenters. The Morgan fingerprint density at radius 2 is 1.93 bits per heavy atom. The molecular weight excluding hydrogens is 342 g/mol. The van der Waals surface area contributed by atoms with E-state index in [1.54, 1.807) is 29.1 Å². The maximum atomic E-state index is 12.4. The van der Waals surface area contributed by atoms with Crippen LogP contribution in [0.25, 0.3) is 5.69 Å². The van der Waals surface area contributed by atoms with Gasteiger partial charge in [0.15, 0.2) is 0 Å². The molecule has 3 rings (SSSR count). The van der Waals surface area contributed by atoms with Gasteiger partial charge in [-0.1, -0.05) is 37.3 Å². The average molecular weight is 363 g/mol. The highest BCUT2D eigenvalue weighted by Crippen LogP contribution is 2.24. The van der Waals surface area contributed by atoms with Crippen LogP contribution in [0.3, 0.4) is 0 Å². The van der Waals surface area contributed by atoms with Crippen LogP contribution in [0.2, 0.25) is 0 Å². The van der Waals surface area contributed by atoms with Crippen LogP contribution in [0, 0.1) is 0 Å². The first-order chi connectivity index (χ1) is 13.1. The van der Waals surface area contributed by atoms with Gasteiger partial charge in [-0.05, 0) is 36.8 Å². The molecule has 3 aromatic rings. The summed E-state index contributed by atoms with van der Waals surface area (Å²) in [6.45, 7) is 4.21. The van der Waals surface area contributed by atoms with Crippen molar-refractivity contribution in [2.24, 2.45) is 0 Å². The predicted octanol–water partition coefficient (Wildman–Crippen LogP) is 3.49. The van der Waals surface area contributed by atoms with E-state index in [4.69, 9.17) is 4.74 Å². The van der Waals surface area contributed by atoms with E-state index in [1.165, 1.54) is 6.07 Å². The number of benzene rings is 2. The first-order valence-electron chi connectivity index (χ1n) is 8.79. The van der Waals surface area contributed by atoms with Crippen LogP contribution in [0.4, 0.5) is 4.79 Å². The van der Waals surface area contributed by atoms with Gasteiger partial charge in [-0.15, -0.1) is 0 Å². The zero-order chi connectivity index (χ0) is 19.2. The lowest BCUT2D eigenvalue weighted by Crippen LogP contribution is -2.26. The molecule has 1 unspecified atom stereocenters. The van der Waals surface area contributed by atoms with Gasteiger partial charge in [0.1, 0.15) is 11.4 Å². The number of nitrogens with zero attached hydrogens (tertiary/aromatic N) is 2. The number of carbonyl (C=O) groups is 1. The van der Waals surface area contributed by atoms with Crippen LogP contribution in [0.5, 0.6) is 5.75 Å². The van der Waals surface area contributed by atoms with E-state index in [1.807, 2.05) is 50.2 Å². The van der Waals surface area contributed by atoms with E-state index in [2.05, 4.69) is 10.4 Å². The lowest BCUT2D eigenvalue weighted by atomic mass is 9.97. The van der Waals surface area contributed by atoms with Crippen molar-refractivity contribution in [3.8, 4) is 11.4 Å². The summed E-state index contributed by atoms with van der Waals surface area (Å²) in [4.78, 5) is 24.0. The fraction of sp³-hybridized carbons (Fsp3) is 0.190. The average Bonchev–Trinajstić information content (AvgIpc) is 2.69. The molecule has 6 heteroatoms. The molecular formula is C21H21N3O3. The Morgan fingerprint density at radius 3 is 2.67 bits per heavy atom. The van der Waals surface area contributed by atoms with Gasteiger partial charge < -0.3 is 10.1 Å². The molecule has 0 bridgehead atoms. The minimum absolute atomic E-state index is 0.135. The Kier molecular flexibility index (Phi) is 5.66. The summed E-state index contributed by atoms with van der Waals surface area (Å²) in [5.41, 5.74) is 2.01. The zero-order valence-corrected chi connectivity index (χ0v) is 15.3. The van der Waals surface area contributed by atoms with Crippen molar-refractivity contribution in [3.63, 3.8) is 0 Å². The maximum absolute atomic E-state index is 12.4. The smallest absolute Gasteiger partial charge is 0.410 e. The Labute approximate surface area is 157 Å². The summed E-state index contributed by atoms with van der Waals surface area (Å²) in [6, 6.07) is 18.2. The van der Waals surface area contributed by atoms with Crippen LogP contribution in [0.15, 0.2) is 71.7 Å². The van der Waals surface area contributed by atoms with E-state index < -0.39 is 6.09 Å². The summed E-state index contributed by atoms with van der Waals surface area (Å²) in [5, 5.41) is 7.11. The number of para-hydroxylation sites is 1. The van der Waals surface area contributed by atoms with Crippen molar-refractivity contribution in [3.05, 3.63) is 88.3 Å². The number of hydrogen-bond acceptors (Lipinski definition) is 4. The van der Waals surface area contributed by atoms with Gasteiger partial charge in [-0.25, -0.2) is 9.48 Å². The van der Waals surface area contributed by atoms with Crippen molar-refractivity contribution in [1.29, 1.82) is 0 Å². The van der Waals surface area contributed by atoms with Gasteiger partial charge in [0, 0.05) is 24.7 Å². The minimum atomic E-state index is -0.508. The first kappa shape index (κ1) is 18.4. The van der Waals surface area contributed by atoms with Gasteiger partial charge in [-0.2, -0.15) is 5.10 Å². The fourth-order valence-electron chi connectivity index (χ4n) is 2.74. The quantitative estimate of drug-likeness (QED) is 0.753. The van der Waals surface area contributed by atoms with Crippen LogP contribution in [0.1, 0.15) is 31.0 Å². The molecule has 0 spiro atoms. The van der Waals surface area contributed by atoms with Gasteiger partial charge in [0.2, 0.25) is 5.43 Å². The summed E-state index contributed by atoms with van der Waals surface area (Å²) in [5.74, 6) is 0.163. The van der Waals surface area contributed by atoms with Crippen LogP contribution in [-0.2, 0) is 0 Å². The number of amides is 1.